The second kappa shape index (κ2) is 9.73. The van der Waals surface area contributed by atoms with Crippen LogP contribution in [0.2, 0.25) is 0 Å². The molecule has 0 bridgehead atoms. The van der Waals surface area contributed by atoms with Gasteiger partial charge in [-0.1, -0.05) is 25.3 Å². The lowest BCUT2D eigenvalue weighted by Crippen LogP contribution is -2.38. The van der Waals surface area contributed by atoms with E-state index in [1.807, 2.05) is 11.9 Å². The van der Waals surface area contributed by atoms with E-state index in [9.17, 15) is 18.8 Å². The molecule has 2 aromatic carbocycles. The fourth-order valence-corrected chi connectivity index (χ4v) is 4.73. The number of nitrogens with one attached hydrogen (secondary N) is 1. The molecule has 2 aliphatic rings. The van der Waals surface area contributed by atoms with E-state index in [2.05, 4.69) is 5.32 Å². The molecule has 0 spiro atoms. The Hall–Kier alpha value is -3.22. The maximum Gasteiger partial charge on any atom is 0.253 e. The molecule has 1 unspecified atom stereocenters. The molecular weight excluding hydrogens is 421 g/mol. The molecule has 1 N–H and O–H groups in total. The van der Waals surface area contributed by atoms with Crippen molar-refractivity contribution in [1.29, 1.82) is 0 Å². The van der Waals surface area contributed by atoms with Gasteiger partial charge in [0.2, 0.25) is 11.8 Å². The van der Waals surface area contributed by atoms with Gasteiger partial charge in [0.1, 0.15) is 5.82 Å². The van der Waals surface area contributed by atoms with Crippen molar-refractivity contribution in [2.75, 3.05) is 23.8 Å². The van der Waals surface area contributed by atoms with Gasteiger partial charge in [-0.25, -0.2) is 4.39 Å². The highest BCUT2D eigenvalue weighted by Crippen LogP contribution is 2.29. The first-order valence-corrected chi connectivity index (χ1v) is 11.6. The molecule has 1 saturated carbocycles. The minimum Gasteiger partial charge on any atom is -0.339 e. The van der Waals surface area contributed by atoms with Crippen LogP contribution in [-0.2, 0) is 9.59 Å². The van der Waals surface area contributed by atoms with Gasteiger partial charge < -0.3 is 15.1 Å². The van der Waals surface area contributed by atoms with Gasteiger partial charge >= 0.3 is 0 Å². The zero-order valence-electron chi connectivity index (χ0n) is 19.1. The molecular formula is C26H30FN3O3. The predicted octanol–water partition coefficient (Wildman–Crippen LogP) is 4.53. The Morgan fingerprint density at radius 2 is 1.76 bits per heavy atom. The summed E-state index contributed by atoms with van der Waals surface area (Å²) >= 11 is 0. The summed E-state index contributed by atoms with van der Waals surface area (Å²) in [6, 6.07) is 11.8. The lowest BCUT2D eigenvalue weighted by molar-refractivity contribution is -0.122. The first kappa shape index (κ1) is 23.0. The molecule has 3 amide bonds. The highest BCUT2D eigenvalue weighted by Gasteiger charge is 2.36. The molecule has 1 saturated heterocycles. The lowest BCUT2D eigenvalue weighted by Gasteiger charge is -2.31. The highest BCUT2D eigenvalue weighted by molar-refractivity contribution is 6.03. The van der Waals surface area contributed by atoms with Crippen molar-refractivity contribution in [3.63, 3.8) is 0 Å². The number of halogens is 1. The molecule has 174 valence electrons. The molecule has 7 heteroatoms. The molecule has 1 aliphatic carbocycles. The first-order chi connectivity index (χ1) is 15.8. The number of aryl methyl sites for hydroxylation is 1. The van der Waals surface area contributed by atoms with Crippen molar-refractivity contribution in [2.45, 2.75) is 51.5 Å². The van der Waals surface area contributed by atoms with E-state index in [4.69, 9.17) is 0 Å². The molecule has 6 nitrogen and oxygen atoms in total. The second-order valence-electron chi connectivity index (χ2n) is 9.13. The molecule has 2 aromatic rings. The molecule has 0 radical (unpaired) electrons. The van der Waals surface area contributed by atoms with Gasteiger partial charge in [-0.05, 0) is 61.7 Å². The van der Waals surface area contributed by atoms with E-state index in [1.165, 1.54) is 17.4 Å². The largest absolute Gasteiger partial charge is 0.339 e. The molecule has 33 heavy (non-hydrogen) atoms. The number of rotatable bonds is 5. The van der Waals surface area contributed by atoms with Crippen LogP contribution in [0.5, 0.6) is 0 Å². The Labute approximate surface area is 193 Å². The molecule has 1 aliphatic heterocycles. The number of carbonyl (C=O) groups is 3. The van der Waals surface area contributed by atoms with Gasteiger partial charge in [0, 0.05) is 37.3 Å². The van der Waals surface area contributed by atoms with E-state index in [-0.39, 0.29) is 42.4 Å². The van der Waals surface area contributed by atoms with Gasteiger partial charge in [-0.3, -0.25) is 14.4 Å². The summed E-state index contributed by atoms with van der Waals surface area (Å²) in [5.74, 6) is -1.63. The van der Waals surface area contributed by atoms with Crippen LogP contribution in [-0.4, -0.2) is 42.3 Å². The molecule has 4 rings (SSSR count). The Morgan fingerprint density at radius 1 is 1.06 bits per heavy atom. The Kier molecular flexibility index (Phi) is 6.77. The van der Waals surface area contributed by atoms with Crippen LogP contribution in [0.15, 0.2) is 42.5 Å². The molecule has 0 aromatic heterocycles. The van der Waals surface area contributed by atoms with Crippen LogP contribution < -0.4 is 10.2 Å². The maximum absolute atomic E-state index is 14.3. The van der Waals surface area contributed by atoms with Crippen molar-refractivity contribution in [2.24, 2.45) is 5.92 Å². The van der Waals surface area contributed by atoms with Crippen molar-refractivity contribution in [1.82, 2.24) is 4.90 Å². The van der Waals surface area contributed by atoms with Crippen LogP contribution >= 0.6 is 0 Å². The Balaban J connectivity index is 1.36. The number of carbonyl (C=O) groups excluding carboxylic acids is 3. The van der Waals surface area contributed by atoms with Crippen molar-refractivity contribution in [3.05, 3.63) is 59.4 Å². The maximum atomic E-state index is 14.3. The fourth-order valence-electron chi connectivity index (χ4n) is 4.73. The zero-order chi connectivity index (χ0) is 23.5. The summed E-state index contributed by atoms with van der Waals surface area (Å²) in [6.45, 7) is 1.91. The van der Waals surface area contributed by atoms with E-state index < -0.39 is 11.7 Å². The van der Waals surface area contributed by atoms with Gasteiger partial charge in [-0.2, -0.15) is 0 Å². The Morgan fingerprint density at radius 3 is 2.42 bits per heavy atom. The fraction of sp³-hybridized carbons (Fsp3) is 0.423. The van der Waals surface area contributed by atoms with E-state index in [0.717, 1.165) is 31.2 Å². The number of benzene rings is 2. The van der Waals surface area contributed by atoms with Gasteiger partial charge in [0.25, 0.3) is 5.91 Å². The molecule has 1 heterocycles. The molecule has 1 atom stereocenters. The minimum absolute atomic E-state index is 0.0167. The monoisotopic (exact) mass is 451 g/mol. The third kappa shape index (κ3) is 5.07. The van der Waals surface area contributed by atoms with Gasteiger partial charge in [-0.15, -0.1) is 0 Å². The first-order valence-electron chi connectivity index (χ1n) is 11.6. The van der Waals surface area contributed by atoms with E-state index >= 15 is 0 Å². The number of hydrogen-bond acceptors (Lipinski definition) is 3. The third-order valence-corrected chi connectivity index (χ3v) is 6.73. The average Bonchev–Trinajstić information content (AvgIpc) is 3.20. The summed E-state index contributed by atoms with van der Waals surface area (Å²) in [6.07, 6.45) is 5.66. The van der Waals surface area contributed by atoms with E-state index in [0.29, 0.717) is 11.3 Å². The summed E-state index contributed by atoms with van der Waals surface area (Å²) in [5.41, 5.74) is 2.11. The highest BCUT2D eigenvalue weighted by atomic mass is 19.1. The second-order valence-corrected chi connectivity index (χ2v) is 9.13. The predicted molar refractivity (Wildman–Crippen MR) is 126 cm³/mol. The van der Waals surface area contributed by atoms with Crippen LogP contribution in [0.25, 0.3) is 0 Å². The minimum atomic E-state index is -0.572. The quantitative estimate of drug-likeness (QED) is 0.726. The van der Waals surface area contributed by atoms with Gasteiger partial charge in [0.15, 0.2) is 0 Å². The average molecular weight is 452 g/mol. The normalized spacial score (nSPS) is 18.9. The lowest BCUT2D eigenvalue weighted by atomic mass is 9.94. The number of amides is 3. The van der Waals surface area contributed by atoms with E-state index in [1.54, 1.807) is 43.3 Å². The summed E-state index contributed by atoms with van der Waals surface area (Å²) in [7, 11) is 1.85. The van der Waals surface area contributed by atoms with Crippen LogP contribution in [0.3, 0.4) is 0 Å². The van der Waals surface area contributed by atoms with Crippen LogP contribution in [0, 0.1) is 18.7 Å². The van der Waals surface area contributed by atoms with Crippen LogP contribution in [0.4, 0.5) is 15.8 Å². The van der Waals surface area contributed by atoms with Crippen molar-refractivity contribution < 1.29 is 18.8 Å². The number of nitrogens with zero attached hydrogens (tertiary/aromatic N) is 2. The van der Waals surface area contributed by atoms with Gasteiger partial charge in [0.05, 0.1) is 11.6 Å². The molecule has 2 fully saturated rings. The summed E-state index contributed by atoms with van der Waals surface area (Å²) in [4.78, 5) is 41.2. The van der Waals surface area contributed by atoms with Crippen molar-refractivity contribution >= 4 is 29.1 Å². The topological polar surface area (TPSA) is 69.7 Å². The third-order valence-electron chi connectivity index (χ3n) is 6.73. The standard InChI is InChI=1S/C26H30FN3O3/c1-17-8-13-23(22(27)14-17)30-16-19(15-24(30)31)25(32)28-20-11-9-18(10-12-20)26(33)29(2)21-6-4-3-5-7-21/h8-14,19,21H,3-7,15-16H2,1-2H3,(H,28,32). The summed E-state index contributed by atoms with van der Waals surface area (Å²) < 4.78 is 14.3. The Bertz CT molecular complexity index is 1050. The SMILES string of the molecule is Cc1ccc(N2CC(C(=O)Nc3ccc(C(=O)N(C)C4CCCCC4)cc3)CC2=O)c(F)c1. The van der Waals surface area contributed by atoms with Crippen LogP contribution in [0.1, 0.15) is 54.4 Å². The number of anilines is 2. The number of hydrogen-bond donors (Lipinski definition) is 1. The smallest absolute Gasteiger partial charge is 0.253 e. The summed E-state index contributed by atoms with van der Waals surface area (Å²) in [5, 5.41) is 2.82. The zero-order valence-corrected chi connectivity index (χ0v) is 19.1. The van der Waals surface area contributed by atoms with Crippen molar-refractivity contribution in [3.8, 4) is 0 Å².